The third-order valence-corrected chi connectivity index (χ3v) is 3.51. The zero-order valence-corrected chi connectivity index (χ0v) is 13.2. The van der Waals surface area contributed by atoms with Gasteiger partial charge in [-0.2, -0.15) is 5.10 Å². The van der Waals surface area contributed by atoms with E-state index in [4.69, 9.17) is 4.74 Å². The minimum Gasteiger partial charge on any atom is -0.497 e. The maximum absolute atomic E-state index is 11.7. The van der Waals surface area contributed by atoms with Gasteiger partial charge in [0.15, 0.2) is 0 Å². The molecule has 0 fully saturated rings. The number of nitrogens with zero attached hydrogens (tertiary/aromatic N) is 2. The molecule has 118 valence electrons. The van der Waals surface area contributed by atoms with Crippen molar-refractivity contribution in [1.82, 2.24) is 15.1 Å². The molecule has 1 heterocycles. The summed E-state index contributed by atoms with van der Waals surface area (Å²) in [4.78, 5) is 11.7. The molecule has 0 saturated carbocycles. The Morgan fingerprint density at radius 3 is 2.68 bits per heavy atom. The van der Waals surface area contributed by atoms with Crippen molar-refractivity contribution in [2.75, 3.05) is 19.0 Å². The Kier molecular flexibility index (Phi) is 5.41. The van der Waals surface area contributed by atoms with E-state index in [2.05, 4.69) is 34.8 Å². The Balaban J connectivity index is 1.73. The summed E-state index contributed by atoms with van der Waals surface area (Å²) in [5.41, 5.74) is 1.92. The van der Waals surface area contributed by atoms with E-state index >= 15 is 0 Å². The van der Waals surface area contributed by atoms with Crippen LogP contribution in [0.5, 0.6) is 5.75 Å². The van der Waals surface area contributed by atoms with Crippen molar-refractivity contribution < 1.29 is 9.53 Å². The first-order valence-electron chi connectivity index (χ1n) is 7.26. The molecular weight excluding hydrogens is 280 g/mol. The lowest BCUT2D eigenvalue weighted by atomic mass is 9.98. The molecule has 0 aliphatic heterocycles. The van der Waals surface area contributed by atoms with Crippen LogP contribution in [-0.2, 0) is 7.05 Å². The number of nitrogens with one attached hydrogen (secondary N) is 2. The Hall–Kier alpha value is -2.50. The molecule has 1 aromatic carbocycles. The molecule has 2 amide bonds. The smallest absolute Gasteiger partial charge is 0.319 e. The summed E-state index contributed by atoms with van der Waals surface area (Å²) in [6.45, 7) is 2.75. The second-order valence-corrected chi connectivity index (χ2v) is 5.25. The number of benzene rings is 1. The fraction of sp³-hybridized carbons (Fsp3) is 0.375. The topological polar surface area (TPSA) is 68.2 Å². The standard InChI is InChI=1S/C16H22N4O2/c1-12(13-4-6-15(22-3)7-5-13)8-9-17-16(21)19-14-10-18-20(2)11-14/h4-7,10-12H,8-9H2,1-3H3,(H2,17,19,21)/t12-/m0/s1. The van der Waals surface area contributed by atoms with Crippen LogP contribution in [0.4, 0.5) is 10.5 Å². The zero-order chi connectivity index (χ0) is 15.9. The molecule has 6 nitrogen and oxygen atoms in total. The van der Waals surface area contributed by atoms with E-state index in [9.17, 15) is 4.79 Å². The number of hydrogen-bond acceptors (Lipinski definition) is 3. The van der Waals surface area contributed by atoms with Crippen LogP contribution in [0, 0.1) is 0 Å². The van der Waals surface area contributed by atoms with Crippen LogP contribution >= 0.6 is 0 Å². The molecule has 2 N–H and O–H groups in total. The fourth-order valence-corrected chi connectivity index (χ4v) is 2.16. The second kappa shape index (κ2) is 7.49. The molecule has 1 aromatic heterocycles. The Bertz CT molecular complexity index is 607. The van der Waals surface area contributed by atoms with Gasteiger partial charge in [-0.25, -0.2) is 4.79 Å². The minimum absolute atomic E-state index is 0.213. The lowest BCUT2D eigenvalue weighted by molar-refractivity contribution is 0.252. The van der Waals surface area contributed by atoms with Gasteiger partial charge in [0.2, 0.25) is 0 Å². The van der Waals surface area contributed by atoms with Gasteiger partial charge < -0.3 is 15.4 Å². The van der Waals surface area contributed by atoms with E-state index < -0.39 is 0 Å². The number of aryl methyl sites for hydroxylation is 1. The molecule has 22 heavy (non-hydrogen) atoms. The van der Waals surface area contributed by atoms with Gasteiger partial charge in [0.05, 0.1) is 19.0 Å². The first-order valence-corrected chi connectivity index (χ1v) is 7.26. The van der Waals surface area contributed by atoms with Crippen LogP contribution in [0.15, 0.2) is 36.7 Å². The molecule has 0 radical (unpaired) electrons. The number of hydrogen-bond donors (Lipinski definition) is 2. The van der Waals surface area contributed by atoms with Crippen molar-refractivity contribution in [2.45, 2.75) is 19.3 Å². The first-order chi connectivity index (χ1) is 10.6. The van der Waals surface area contributed by atoms with Gasteiger partial charge in [0, 0.05) is 19.8 Å². The third kappa shape index (κ3) is 4.51. The molecule has 1 atom stereocenters. The number of urea groups is 1. The van der Waals surface area contributed by atoms with Gasteiger partial charge in [-0.3, -0.25) is 4.68 Å². The van der Waals surface area contributed by atoms with E-state index in [1.165, 1.54) is 5.56 Å². The van der Waals surface area contributed by atoms with Crippen LogP contribution in [-0.4, -0.2) is 29.5 Å². The maximum Gasteiger partial charge on any atom is 0.319 e. The molecule has 0 bridgehead atoms. The lowest BCUT2D eigenvalue weighted by Crippen LogP contribution is -2.30. The van der Waals surface area contributed by atoms with Gasteiger partial charge >= 0.3 is 6.03 Å². The average Bonchev–Trinajstić information content (AvgIpc) is 2.92. The highest BCUT2D eigenvalue weighted by Crippen LogP contribution is 2.21. The number of carbonyl (C=O) groups excluding carboxylic acids is 1. The molecule has 0 aliphatic rings. The number of carbonyl (C=O) groups is 1. The molecule has 0 saturated heterocycles. The third-order valence-electron chi connectivity index (χ3n) is 3.51. The monoisotopic (exact) mass is 302 g/mol. The van der Waals surface area contributed by atoms with Crippen molar-refractivity contribution in [3.8, 4) is 5.75 Å². The van der Waals surface area contributed by atoms with E-state index in [0.29, 0.717) is 18.2 Å². The van der Waals surface area contributed by atoms with Crippen LogP contribution in [0.3, 0.4) is 0 Å². The van der Waals surface area contributed by atoms with Crippen LogP contribution in [0.2, 0.25) is 0 Å². The van der Waals surface area contributed by atoms with Gasteiger partial charge in [0.25, 0.3) is 0 Å². The van der Waals surface area contributed by atoms with Crippen molar-refractivity contribution in [2.24, 2.45) is 7.05 Å². The largest absolute Gasteiger partial charge is 0.497 e. The summed E-state index contributed by atoms with van der Waals surface area (Å²) in [7, 11) is 3.46. The predicted octanol–water partition coefficient (Wildman–Crippen LogP) is 2.74. The van der Waals surface area contributed by atoms with E-state index in [1.807, 2.05) is 12.1 Å². The Morgan fingerprint density at radius 1 is 1.36 bits per heavy atom. The molecule has 0 unspecified atom stereocenters. The molecule has 2 rings (SSSR count). The Labute approximate surface area is 130 Å². The highest BCUT2D eigenvalue weighted by atomic mass is 16.5. The first kappa shape index (κ1) is 15.9. The number of amides is 2. The summed E-state index contributed by atoms with van der Waals surface area (Å²) in [5, 5.41) is 9.59. The number of ether oxygens (including phenoxy) is 1. The summed E-state index contributed by atoms with van der Waals surface area (Å²) >= 11 is 0. The van der Waals surface area contributed by atoms with E-state index in [1.54, 1.807) is 31.2 Å². The summed E-state index contributed by atoms with van der Waals surface area (Å²) in [6, 6.07) is 7.80. The van der Waals surface area contributed by atoms with E-state index in [0.717, 1.165) is 12.2 Å². The van der Waals surface area contributed by atoms with Gasteiger partial charge in [0.1, 0.15) is 5.75 Å². The summed E-state index contributed by atoms with van der Waals surface area (Å²) in [6.07, 6.45) is 4.23. The fourth-order valence-electron chi connectivity index (χ4n) is 2.16. The molecule has 6 heteroatoms. The summed E-state index contributed by atoms with van der Waals surface area (Å²) in [5.74, 6) is 1.22. The van der Waals surface area contributed by atoms with Gasteiger partial charge in [-0.05, 0) is 30.0 Å². The number of methoxy groups -OCH3 is 1. The second-order valence-electron chi connectivity index (χ2n) is 5.25. The van der Waals surface area contributed by atoms with E-state index in [-0.39, 0.29) is 6.03 Å². The van der Waals surface area contributed by atoms with Crippen molar-refractivity contribution in [1.29, 1.82) is 0 Å². The summed E-state index contributed by atoms with van der Waals surface area (Å²) < 4.78 is 6.79. The highest BCUT2D eigenvalue weighted by molar-refractivity contribution is 5.88. The van der Waals surface area contributed by atoms with Gasteiger partial charge in [-0.1, -0.05) is 19.1 Å². The number of aromatic nitrogens is 2. The average molecular weight is 302 g/mol. The minimum atomic E-state index is -0.213. The SMILES string of the molecule is COc1ccc([C@@H](C)CCNC(=O)Nc2cnn(C)c2)cc1. The van der Waals surface area contributed by atoms with Crippen molar-refractivity contribution in [3.63, 3.8) is 0 Å². The molecule has 0 spiro atoms. The zero-order valence-electron chi connectivity index (χ0n) is 13.2. The molecule has 2 aromatic rings. The maximum atomic E-state index is 11.7. The quantitative estimate of drug-likeness (QED) is 0.862. The highest BCUT2D eigenvalue weighted by Gasteiger charge is 2.07. The van der Waals surface area contributed by atoms with Crippen molar-refractivity contribution >= 4 is 11.7 Å². The van der Waals surface area contributed by atoms with Crippen LogP contribution in [0.25, 0.3) is 0 Å². The van der Waals surface area contributed by atoms with Crippen LogP contribution < -0.4 is 15.4 Å². The predicted molar refractivity (Wildman–Crippen MR) is 86.3 cm³/mol. The van der Waals surface area contributed by atoms with Crippen LogP contribution in [0.1, 0.15) is 24.8 Å². The van der Waals surface area contributed by atoms with Gasteiger partial charge in [-0.15, -0.1) is 0 Å². The Morgan fingerprint density at radius 2 is 2.09 bits per heavy atom. The lowest BCUT2D eigenvalue weighted by Gasteiger charge is -2.13. The van der Waals surface area contributed by atoms with Crippen molar-refractivity contribution in [3.05, 3.63) is 42.2 Å². The molecular formula is C16H22N4O2. The normalized spacial score (nSPS) is 11.8. The number of rotatable bonds is 6. The number of anilines is 1. The molecule has 0 aliphatic carbocycles.